The second-order valence-electron chi connectivity index (χ2n) is 9.53. The van der Waals surface area contributed by atoms with Gasteiger partial charge in [0.2, 0.25) is 11.8 Å². The minimum absolute atomic E-state index is 0.0828. The summed E-state index contributed by atoms with van der Waals surface area (Å²) in [7, 11) is 0. The van der Waals surface area contributed by atoms with E-state index in [0.717, 1.165) is 25.0 Å². The number of ether oxygens (including phenoxy) is 2. The molecule has 4 heterocycles. The molecule has 1 aliphatic carbocycles. The van der Waals surface area contributed by atoms with Crippen molar-refractivity contribution < 1.29 is 27.8 Å². The van der Waals surface area contributed by atoms with E-state index in [1.165, 1.54) is 0 Å². The smallest absolute Gasteiger partial charge is 0.236 e. The Labute approximate surface area is 188 Å². The predicted molar refractivity (Wildman–Crippen MR) is 114 cm³/mol. The van der Waals surface area contributed by atoms with Gasteiger partial charge in [-0.05, 0) is 37.8 Å². The molecule has 9 heteroatoms. The summed E-state index contributed by atoms with van der Waals surface area (Å²) in [4.78, 5) is 30.2. The highest BCUT2D eigenvalue weighted by molar-refractivity contribution is 6.06. The van der Waals surface area contributed by atoms with E-state index in [2.05, 4.69) is 15.6 Å². The van der Waals surface area contributed by atoms with Gasteiger partial charge in [-0.15, -0.1) is 0 Å². The number of aromatic nitrogens is 1. The Morgan fingerprint density at radius 3 is 2.67 bits per heavy atom. The second kappa shape index (κ2) is 7.21. The van der Waals surface area contributed by atoms with E-state index in [4.69, 9.17) is 9.47 Å². The first-order valence-electron chi connectivity index (χ1n) is 11.2. The van der Waals surface area contributed by atoms with Crippen LogP contribution in [0.5, 0.6) is 5.75 Å². The summed E-state index contributed by atoms with van der Waals surface area (Å²) in [6.07, 6.45) is 4.59. The Kier molecular flexibility index (Phi) is 4.49. The number of halogens is 2. The average Bonchev–Trinajstić information content (AvgIpc) is 3.53. The number of benzene rings is 1. The molecular formula is C24H23F2N3O4. The first-order chi connectivity index (χ1) is 15.9. The molecule has 1 saturated heterocycles. The lowest BCUT2D eigenvalue weighted by Crippen LogP contribution is -2.40. The van der Waals surface area contributed by atoms with Gasteiger partial charge in [-0.25, -0.2) is 8.78 Å². The van der Waals surface area contributed by atoms with Gasteiger partial charge in [0.05, 0.1) is 35.3 Å². The quantitative estimate of drug-likeness (QED) is 0.738. The van der Waals surface area contributed by atoms with Crippen molar-refractivity contribution in [3.8, 4) is 5.75 Å². The summed E-state index contributed by atoms with van der Waals surface area (Å²) in [5, 5.41) is 5.76. The van der Waals surface area contributed by atoms with E-state index in [-0.39, 0.29) is 29.6 Å². The number of carbonyl (C=O) groups excluding carboxylic acids is 2. The number of pyridine rings is 1. The molecule has 2 N–H and O–H groups in total. The zero-order chi connectivity index (χ0) is 22.8. The highest BCUT2D eigenvalue weighted by Gasteiger charge is 2.54. The molecule has 1 aromatic carbocycles. The average molecular weight is 455 g/mol. The van der Waals surface area contributed by atoms with Crippen molar-refractivity contribution in [1.82, 2.24) is 4.98 Å². The van der Waals surface area contributed by atoms with Crippen LogP contribution >= 0.6 is 0 Å². The summed E-state index contributed by atoms with van der Waals surface area (Å²) in [6.45, 7) is 1.40. The third kappa shape index (κ3) is 3.20. The molecule has 2 fully saturated rings. The first kappa shape index (κ1) is 20.5. The van der Waals surface area contributed by atoms with Crippen molar-refractivity contribution in [2.45, 2.75) is 43.4 Å². The molecule has 1 unspecified atom stereocenters. The van der Waals surface area contributed by atoms with Gasteiger partial charge < -0.3 is 20.1 Å². The molecule has 0 bridgehead atoms. The number of nitrogens with one attached hydrogen (secondary N) is 2. The van der Waals surface area contributed by atoms with Crippen LogP contribution in [-0.4, -0.2) is 36.6 Å². The lowest BCUT2D eigenvalue weighted by Gasteiger charge is -2.33. The normalized spacial score (nSPS) is 23.5. The molecule has 33 heavy (non-hydrogen) atoms. The summed E-state index contributed by atoms with van der Waals surface area (Å²) < 4.78 is 38.7. The van der Waals surface area contributed by atoms with Crippen molar-refractivity contribution >= 4 is 23.2 Å². The summed E-state index contributed by atoms with van der Waals surface area (Å²) in [5.41, 5.74) is 1.43. The Morgan fingerprint density at radius 1 is 1.15 bits per heavy atom. The van der Waals surface area contributed by atoms with Crippen LogP contribution in [0.1, 0.15) is 49.3 Å². The number of fused-ring (bicyclic) bond motifs is 3. The summed E-state index contributed by atoms with van der Waals surface area (Å²) >= 11 is 0. The van der Waals surface area contributed by atoms with E-state index >= 15 is 0 Å². The Morgan fingerprint density at radius 2 is 1.91 bits per heavy atom. The van der Waals surface area contributed by atoms with Crippen molar-refractivity contribution in [2.75, 3.05) is 30.5 Å². The molecule has 3 aliphatic heterocycles. The van der Waals surface area contributed by atoms with Crippen molar-refractivity contribution in [3.05, 3.63) is 47.3 Å². The number of rotatable bonds is 3. The van der Waals surface area contributed by atoms with Gasteiger partial charge in [0, 0.05) is 42.6 Å². The summed E-state index contributed by atoms with van der Waals surface area (Å²) in [6, 6.07) is 3.94. The molecule has 1 aromatic heterocycles. The Bertz CT molecular complexity index is 1170. The predicted octanol–water partition coefficient (Wildman–Crippen LogP) is 3.65. The Balaban J connectivity index is 1.22. The number of amides is 2. The van der Waals surface area contributed by atoms with Gasteiger partial charge >= 0.3 is 0 Å². The van der Waals surface area contributed by atoms with Gasteiger partial charge in [-0.1, -0.05) is 0 Å². The largest absolute Gasteiger partial charge is 0.493 e. The fourth-order valence-corrected chi connectivity index (χ4v) is 5.51. The number of hydrogen-bond acceptors (Lipinski definition) is 5. The fraction of sp³-hybridized carbons (Fsp3) is 0.458. The molecule has 4 aliphatic rings. The van der Waals surface area contributed by atoms with Gasteiger partial charge in [-0.2, -0.15) is 0 Å². The Hall–Kier alpha value is -3.07. The van der Waals surface area contributed by atoms with Gasteiger partial charge in [0.25, 0.3) is 0 Å². The lowest BCUT2D eigenvalue weighted by molar-refractivity contribution is -0.124. The van der Waals surface area contributed by atoms with Crippen LogP contribution in [0.4, 0.5) is 20.2 Å². The maximum absolute atomic E-state index is 14.0. The number of hydrogen-bond donors (Lipinski definition) is 2. The monoisotopic (exact) mass is 455 g/mol. The van der Waals surface area contributed by atoms with Crippen LogP contribution in [0.25, 0.3) is 0 Å². The third-order valence-electron chi connectivity index (χ3n) is 7.62. The molecule has 2 spiro atoms. The molecular weight excluding hydrogens is 432 g/mol. The van der Waals surface area contributed by atoms with Crippen molar-refractivity contribution in [2.24, 2.45) is 5.41 Å². The van der Waals surface area contributed by atoms with E-state index in [1.54, 1.807) is 12.3 Å². The van der Waals surface area contributed by atoms with E-state index in [0.29, 0.717) is 61.0 Å². The maximum atomic E-state index is 14.0. The molecule has 7 nitrogen and oxygen atoms in total. The van der Waals surface area contributed by atoms with Crippen molar-refractivity contribution in [3.63, 3.8) is 0 Å². The van der Waals surface area contributed by atoms with Crippen LogP contribution in [0.15, 0.2) is 24.4 Å². The standard InChI is InChI=1S/C24H23F2N3O4/c25-16-8-14-15(23(1-2-23)12-33-19(14)10-17(16)26)9-20(30)28-13-7-18-21(27-11-13)24(22(31)29-18)3-5-32-6-4-24/h7-8,10-11,15H,1-6,9,12H2,(H,28,30)(H,29,31). The van der Waals surface area contributed by atoms with Crippen LogP contribution in [0, 0.1) is 17.0 Å². The van der Waals surface area contributed by atoms with Crippen molar-refractivity contribution in [1.29, 1.82) is 0 Å². The van der Waals surface area contributed by atoms with Crippen LogP contribution in [-0.2, 0) is 19.7 Å². The molecule has 0 radical (unpaired) electrons. The minimum atomic E-state index is -0.961. The minimum Gasteiger partial charge on any atom is -0.493 e. The number of carbonyl (C=O) groups is 2. The number of nitrogens with zero attached hydrogens (tertiary/aromatic N) is 1. The first-order valence-corrected chi connectivity index (χ1v) is 11.2. The van der Waals surface area contributed by atoms with E-state index < -0.39 is 17.0 Å². The molecule has 172 valence electrons. The fourth-order valence-electron chi connectivity index (χ4n) is 5.51. The number of anilines is 2. The molecule has 2 aromatic rings. The van der Waals surface area contributed by atoms with Crippen LogP contribution in [0.3, 0.4) is 0 Å². The van der Waals surface area contributed by atoms with E-state index in [1.807, 2.05) is 0 Å². The lowest BCUT2D eigenvalue weighted by atomic mass is 9.78. The highest BCUT2D eigenvalue weighted by Crippen LogP contribution is 2.61. The molecule has 2 amide bonds. The van der Waals surface area contributed by atoms with Gasteiger partial charge in [-0.3, -0.25) is 14.6 Å². The topological polar surface area (TPSA) is 89.5 Å². The second-order valence-corrected chi connectivity index (χ2v) is 9.53. The van der Waals surface area contributed by atoms with Crippen LogP contribution < -0.4 is 15.4 Å². The van der Waals surface area contributed by atoms with Crippen LogP contribution in [0.2, 0.25) is 0 Å². The summed E-state index contributed by atoms with van der Waals surface area (Å²) in [5.74, 6) is -2.20. The zero-order valence-corrected chi connectivity index (χ0v) is 17.9. The highest BCUT2D eigenvalue weighted by atomic mass is 19.2. The van der Waals surface area contributed by atoms with Gasteiger partial charge in [0.1, 0.15) is 5.75 Å². The SMILES string of the molecule is O=C(CC1c2cc(F)c(F)cc2OCC12CC2)Nc1cnc2c(c1)NC(=O)C21CCOCC1. The molecule has 1 saturated carbocycles. The maximum Gasteiger partial charge on any atom is 0.236 e. The zero-order valence-electron chi connectivity index (χ0n) is 17.9. The molecule has 6 rings (SSSR count). The third-order valence-corrected chi connectivity index (χ3v) is 7.62. The van der Waals surface area contributed by atoms with E-state index in [9.17, 15) is 18.4 Å². The van der Waals surface area contributed by atoms with Gasteiger partial charge in [0.15, 0.2) is 11.6 Å². The molecule has 1 atom stereocenters.